The SMILES string of the molecule is CC/C=C\C/C=C\C/C=C\C/C=C\C/C=C\CCCCCCCCCCCCOCC(COP(=O)(O)OCCN)OC(=O)CCCCCCC/C=C\C/C=C\C/C=C\C/C=C\C/C=C\CC. The zero-order valence-corrected chi connectivity index (χ0v) is 42.8. The molecule has 0 radical (unpaired) electrons. The number of nitrogens with two attached hydrogens (primary N) is 1. The molecule has 0 aromatic heterocycles. The molecule has 0 saturated carbocycles. The lowest BCUT2D eigenvalue weighted by atomic mass is 10.1. The smallest absolute Gasteiger partial charge is 0.457 e. The Labute approximate surface area is 405 Å². The molecule has 0 spiro atoms. The summed E-state index contributed by atoms with van der Waals surface area (Å²) in [5, 5.41) is 0. The number of phosphoric ester groups is 1. The summed E-state index contributed by atoms with van der Waals surface area (Å²) in [5.74, 6) is -0.355. The monoisotopic (exact) mass is 938 g/mol. The normalized spacial score (nSPS) is 14.3. The van der Waals surface area contributed by atoms with E-state index in [4.69, 9.17) is 24.3 Å². The Kier molecular flexibility index (Phi) is 50.4. The average molecular weight is 938 g/mol. The van der Waals surface area contributed by atoms with E-state index in [1.807, 2.05) is 0 Å². The second-order valence-corrected chi connectivity index (χ2v) is 18.1. The molecule has 9 heteroatoms. The summed E-state index contributed by atoms with van der Waals surface area (Å²) < 4.78 is 33.6. The van der Waals surface area contributed by atoms with Gasteiger partial charge in [-0.15, -0.1) is 0 Å². The third kappa shape index (κ3) is 51.9. The molecule has 8 nitrogen and oxygen atoms in total. The molecule has 0 fully saturated rings. The van der Waals surface area contributed by atoms with E-state index in [1.54, 1.807) is 0 Å². The summed E-state index contributed by atoms with van der Waals surface area (Å²) in [7, 11) is -4.30. The first-order valence-corrected chi connectivity index (χ1v) is 27.5. The first-order chi connectivity index (χ1) is 32.4. The summed E-state index contributed by atoms with van der Waals surface area (Å²) in [6.45, 7) is 4.64. The Hall–Kier alpha value is -3.10. The van der Waals surface area contributed by atoms with Crippen molar-refractivity contribution in [3.05, 3.63) is 122 Å². The quantitative estimate of drug-likeness (QED) is 0.0268. The number of hydrogen-bond donors (Lipinski definition) is 2. The van der Waals surface area contributed by atoms with E-state index in [9.17, 15) is 14.3 Å². The van der Waals surface area contributed by atoms with Crippen molar-refractivity contribution in [1.82, 2.24) is 0 Å². The van der Waals surface area contributed by atoms with E-state index in [-0.39, 0.29) is 38.8 Å². The minimum Gasteiger partial charge on any atom is -0.457 e. The Balaban J connectivity index is 4.02. The molecular formula is C57H96NO7P. The number of carbonyl (C=O) groups is 1. The maximum atomic E-state index is 12.7. The van der Waals surface area contributed by atoms with Gasteiger partial charge in [0, 0.05) is 19.6 Å². The third-order valence-corrected chi connectivity index (χ3v) is 11.4. The molecule has 0 aromatic carbocycles. The Bertz CT molecular complexity index is 1420. The van der Waals surface area contributed by atoms with Gasteiger partial charge in [-0.3, -0.25) is 13.8 Å². The highest BCUT2D eigenvalue weighted by molar-refractivity contribution is 7.47. The van der Waals surface area contributed by atoms with Crippen molar-refractivity contribution < 1.29 is 32.8 Å². The molecule has 0 saturated heterocycles. The number of rotatable bonds is 48. The number of phosphoric acid groups is 1. The van der Waals surface area contributed by atoms with Gasteiger partial charge in [0.2, 0.25) is 0 Å². The van der Waals surface area contributed by atoms with Crippen molar-refractivity contribution in [3.63, 3.8) is 0 Å². The largest absolute Gasteiger partial charge is 0.472 e. The molecule has 0 aliphatic rings. The molecular weight excluding hydrogens is 842 g/mol. The third-order valence-electron chi connectivity index (χ3n) is 10.4. The molecule has 2 unspecified atom stereocenters. The van der Waals surface area contributed by atoms with Gasteiger partial charge in [0.15, 0.2) is 0 Å². The lowest BCUT2D eigenvalue weighted by Crippen LogP contribution is -2.28. The Morgan fingerprint density at radius 2 is 0.803 bits per heavy atom. The van der Waals surface area contributed by atoms with Crippen LogP contribution < -0.4 is 5.73 Å². The van der Waals surface area contributed by atoms with E-state index < -0.39 is 13.9 Å². The Morgan fingerprint density at radius 3 is 1.20 bits per heavy atom. The van der Waals surface area contributed by atoms with Crippen LogP contribution in [0.2, 0.25) is 0 Å². The fraction of sp³-hybridized carbons (Fsp3) is 0.632. The molecule has 0 rings (SSSR count). The van der Waals surface area contributed by atoms with Crippen molar-refractivity contribution in [1.29, 1.82) is 0 Å². The van der Waals surface area contributed by atoms with E-state index >= 15 is 0 Å². The summed E-state index contributed by atoms with van der Waals surface area (Å²) >= 11 is 0. The number of unbranched alkanes of at least 4 members (excludes halogenated alkanes) is 15. The lowest BCUT2D eigenvalue weighted by Gasteiger charge is -2.20. The van der Waals surface area contributed by atoms with Crippen molar-refractivity contribution in [3.8, 4) is 0 Å². The van der Waals surface area contributed by atoms with E-state index in [0.717, 1.165) is 116 Å². The zero-order chi connectivity index (χ0) is 48.0. The van der Waals surface area contributed by atoms with Crippen LogP contribution in [0.1, 0.15) is 194 Å². The fourth-order valence-corrected chi connectivity index (χ4v) is 7.40. The van der Waals surface area contributed by atoms with E-state index in [1.165, 1.54) is 57.8 Å². The first-order valence-electron chi connectivity index (χ1n) is 26.0. The van der Waals surface area contributed by atoms with Crippen molar-refractivity contribution in [2.45, 2.75) is 200 Å². The van der Waals surface area contributed by atoms with Crippen LogP contribution in [0.4, 0.5) is 0 Å². The molecule has 2 atom stereocenters. The molecule has 3 N–H and O–H groups in total. The maximum Gasteiger partial charge on any atom is 0.472 e. The predicted octanol–water partition coefficient (Wildman–Crippen LogP) is 16.5. The fourth-order valence-electron chi connectivity index (χ4n) is 6.64. The highest BCUT2D eigenvalue weighted by Gasteiger charge is 2.25. The molecule has 0 aliphatic carbocycles. The molecule has 0 aliphatic heterocycles. The van der Waals surface area contributed by atoms with Crippen LogP contribution in [0.15, 0.2) is 122 Å². The Morgan fingerprint density at radius 1 is 0.455 bits per heavy atom. The van der Waals surface area contributed by atoms with Gasteiger partial charge in [-0.2, -0.15) is 0 Å². The van der Waals surface area contributed by atoms with Crippen LogP contribution >= 0.6 is 7.82 Å². The van der Waals surface area contributed by atoms with Crippen LogP contribution in [0.5, 0.6) is 0 Å². The molecule has 0 amide bonds. The van der Waals surface area contributed by atoms with Gasteiger partial charge >= 0.3 is 13.8 Å². The lowest BCUT2D eigenvalue weighted by molar-refractivity contribution is -0.154. The van der Waals surface area contributed by atoms with Gasteiger partial charge in [0.25, 0.3) is 0 Å². The second kappa shape index (κ2) is 52.9. The molecule has 0 bridgehead atoms. The van der Waals surface area contributed by atoms with Gasteiger partial charge in [-0.25, -0.2) is 4.57 Å². The van der Waals surface area contributed by atoms with Gasteiger partial charge in [0.05, 0.1) is 19.8 Å². The van der Waals surface area contributed by atoms with Gasteiger partial charge in [0.1, 0.15) is 6.10 Å². The highest BCUT2D eigenvalue weighted by Crippen LogP contribution is 2.43. The van der Waals surface area contributed by atoms with Crippen molar-refractivity contribution >= 4 is 13.8 Å². The summed E-state index contributed by atoms with van der Waals surface area (Å²) in [6, 6.07) is 0. The maximum absolute atomic E-state index is 12.7. The summed E-state index contributed by atoms with van der Waals surface area (Å²) in [5.41, 5.74) is 5.39. The molecule has 66 heavy (non-hydrogen) atoms. The minimum absolute atomic E-state index is 0.0891. The van der Waals surface area contributed by atoms with Crippen molar-refractivity contribution in [2.24, 2.45) is 5.73 Å². The zero-order valence-electron chi connectivity index (χ0n) is 41.9. The molecule has 0 aromatic rings. The highest BCUT2D eigenvalue weighted by atomic mass is 31.2. The van der Waals surface area contributed by atoms with Gasteiger partial charge in [-0.1, -0.05) is 206 Å². The number of allylic oxidation sites excluding steroid dienone is 20. The number of hydrogen-bond acceptors (Lipinski definition) is 7. The van der Waals surface area contributed by atoms with Crippen LogP contribution in [-0.4, -0.2) is 49.9 Å². The van der Waals surface area contributed by atoms with Crippen LogP contribution in [0.25, 0.3) is 0 Å². The van der Waals surface area contributed by atoms with Crippen molar-refractivity contribution in [2.75, 3.05) is 33.0 Å². The number of carbonyl (C=O) groups excluding carboxylic acids is 1. The topological polar surface area (TPSA) is 117 Å². The first kappa shape index (κ1) is 62.9. The van der Waals surface area contributed by atoms with Crippen LogP contribution in [0.3, 0.4) is 0 Å². The van der Waals surface area contributed by atoms with Gasteiger partial charge < -0.3 is 20.1 Å². The van der Waals surface area contributed by atoms with E-state index in [2.05, 4.69) is 135 Å². The standard InChI is InChI=1S/C57H96NO7P/c1-3-5-7-9-11-13-15-17-19-21-23-25-26-27-28-29-31-33-35-37-39-41-43-45-47-49-52-62-54-56(55-64-66(60,61)63-53-51-58)65-57(59)50-48-46-44-42-40-38-36-34-32-30-24-22-20-18-16-14-12-10-8-6-4-2/h5-8,11-14,17-20,23-25,27-28,30,34,36,56H,3-4,9-10,15-16,21-22,26,29,31-33,35,37-55,58H2,1-2H3,(H,60,61)/b7-5-,8-6-,13-11-,14-12-,19-17-,20-18-,25-23-,28-27-,30-24-,36-34-. The van der Waals surface area contributed by atoms with Gasteiger partial charge in [-0.05, 0) is 103 Å². The summed E-state index contributed by atoms with van der Waals surface area (Å²) in [6.07, 6.45) is 73.7. The predicted molar refractivity (Wildman–Crippen MR) is 284 cm³/mol. The summed E-state index contributed by atoms with van der Waals surface area (Å²) in [4.78, 5) is 22.6. The van der Waals surface area contributed by atoms with E-state index in [0.29, 0.717) is 6.61 Å². The number of esters is 1. The molecule has 376 valence electrons. The second-order valence-electron chi connectivity index (χ2n) is 16.6. The minimum atomic E-state index is -4.30. The average Bonchev–Trinajstić information content (AvgIpc) is 3.31. The van der Waals surface area contributed by atoms with Crippen LogP contribution in [0, 0.1) is 0 Å². The number of ether oxygens (including phenoxy) is 2. The van der Waals surface area contributed by atoms with Crippen LogP contribution in [-0.2, 0) is 27.9 Å². The molecule has 0 heterocycles.